The largest absolute Gasteiger partial charge is 0.497 e. The van der Waals surface area contributed by atoms with Crippen molar-refractivity contribution in [2.24, 2.45) is 4.99 Å². The van der Waals surface area contributed by atoms with Crippen LogP contribution in [0.25, 0.3) is 6.08 Å². The van der Waals surface area contributed by atoms with Gasteiger partial charge in [0.05, 0.1) is 29.0 Å². The molecule has 0 spiro atoms. The molecule has 1 amide bonds. The second kappa shape index (κ2) is 10.2. The van der Waals surface area contributed by atoms with Crippen LogP contribution in [0.4, 0.5) is 5.69 Å². The first kappa shape index (κ1) is 24.7. The quantitative estimate of drug-likeness (QED) is 0.402. The summed E-state index contributed by atoms with van der Waals surface area (Å²) >= 11 is 7.46. The molecule has 1 aliphatic heterocycles. The average molecular weight is 530 g/mol. The van der Waals surface area contributed by atoms with Crippen molar-refractivity contribution in [3.8, 4) is 5.75 Å². The fourth-order valence-corrected chi connectivity index (χ4v) is 5.50. The summed E-state index contributed by atoms with van der Waals surface area (Å²) in [7, 11) is 1.61. The second-order valence-corrected chi connectivity index (χ2v) is 10.1. The van der Waals surface area contributed by atoms with Gasteiger partial charge < -0.3 is 10.1 Å². The summed E-state index contributed by atoms with van der Waals surface area (Å²) in [6, 6.07) is 21.6. The predicted molar refractivity (Wildman–Crippen MR) is 148 cm³/mol. The number of nitrogens with one attached hydrogen (secondary N) is 1. The zero-order chi connectivity index (χ0) is 26.1. The summed E-state index contributed by atoms with van der Waals surface area (Å²) in [4.78, 5) is 32.7. The highest BCUT2D eigenvalue weighted by Gasteiger charge is 2.32. The number of fused-ring (bicyclic) bond motifs is 1. The number of hydrogen-bond acceptors (Lipinski definition) is 5. The molecule has 0 radical (unpaired) electrons. The van der Waals surface area contributed by atoms with Crippen molar-refractivity contribution >= 4 is 40.6 Å². The maximum Gasteiger partial charge on any atom is 0.271 e. The molecule has 8 heteroatoms. The number of halogens is 1. The molecule has 0 saturated heterocycles. The highest BCUT2D eigenvalue weighted by atomic mass is 35.5. The number of rotatable bonds is 5. The van der Waals surface area contributed by atoms with E-state index in [2.05, 4.69) is 5.32 Å². The molecule has 6 nitrogen and oxygen atoms in total. The van der Waals surface area contributed by atoms with Crippen molar-refractivity contribution in [2.45, 2.75) is 19.9 Å². The Morgan fingerprint density at radius 2 is 1.76 bits per heavy atom. The van der Waals surface area contributed by atoms with Gasteiger partial charge in [-0.3, -0.25) is 14.2 Å². The number of nitrogens with zero attached hydrogens (tertiary/aromatic N) is 2. The lowest BCUT2D eigenvalue weighted by atomic mass is 9.95. The molecule has 0 fully saturated rings. The van der Waals surface area contributed by atoms with Crippen LogP contribution >= 0.6 is 22.9 Å². The van der Waals surface area contributed by atoms with Crippen LogP contribution in [0.15, 0.2) is 93.9 Å². The minimum absolute atomic E-state index is 0.215. The second-order valence-electron chi connectivity index (χ2n) is 8.68. The standard InChI is InChI=1S/C29H24ClN3O3S/c1-17-6-4-5-7-23(17)32-27(34)25-18(2)31-29-33(26(25)20-10-12-21(30)13-11-20)28(35)24(37-29)16-19-8-14-22(36-3)15-9-19/h4-16,26H,1-3H3,(H,32,34)/b24-16+. The van der Waals surface area contributed by atoms with Crippen molar-refractivity contribution in [1.29, 1.82) is 0 Å². The summed E-state index contributed by atoms with van der Waals surface area (Å²) in [5.74, 6) is 0.432. The number of methoxy groups -OCH3 is 1. The molecule has 37 heavy (non-hydrogen) atoms. The number of para-hydroxylation sites is 1. The van der Waals surface area contributed by atoms with Crippen LogP contribution in [0.3, 0.4) is 0 Å². The van der Waals surface area contributed by atoms with E-state index >= 15 is 0 Å². The molecule has 1 N–H and O–H groups in total. The van der Waals surface area contributed by atoms with Crippen molar-refractivity contribution in [2.75, 3.05) is 12.4 Å². The lowest BCUT2D eigenvalue weighted by Crippen LogP contribution is -2.40. The Bertz CT molecular complexity index is 1700. The van der Waals surface area contributed by atoms with E-state index in [-0.39, 0.29) is 11.5 Å². The first-order valence-corrected chi connectivity index (χ1v) is 12.8. The minimum Gasteiger partial charge on any atom is -0.497 e. The Hall–Kier alpha value is -3.94. The summed E-state index contributed by atoms with van der Waals surface area (Å²) < 4.78 is 7.36. The first-order valence-electron chi connectivity index (χ1n) is 11.6. The molecule has 3 aromatic carbocycles. The highest BCUT2D eigenvalue weighted by molar-refractivity contribution is 7.07. The van der Waals surface area contributed by atoms with Crippen molar-refractivity contribution < 1.29 is 9.53 Å². The SMILES string of the molecule is COc1ccc(/C=c2/sc3n(c2=O)C(c2ccc(Cl)cc2)C(C(=O)Nc2ccccc2C)=C(C)N=3)cc1. The van der Waals surface area contributed by atoms with E-state index in [0.29, 0.717) is 31.3 Å². The van der Waals surface area contributed by atoms with Crippen LogP contribution in [-0.4, -0.2) is 17.6 Å². The van der Waals surface area contributed by atoms with Gasteiger partial charge in [0.2, 0.25) is 0 Å². The molecule has 0 aliphatic carbocycles. The molecule has 2 heterocycles. The van der Waals surface area contributed by atoms with Gasteiger partial charge in [-0.1, -0.05) is 65.4 Å². The van der Waals surface area contributed by atoms with Gasteiger partial charge in [-0.25, -0.2) is 4.99 Å². The van der Waals surface area contributed by atoms with Crippen LogP contribution in [0.2, 0.25) is 5.02 Å². The lowest BCUT2D eigenvalue weighted by Gasteiger charge is -2.25. The highest BCUT2D eigenvalue weighted by Crippen LogP contribution is 2.31. The third kappa shape index (κ3) is 4.88. The Kier molecular flexibility index (Phi) is 6.82. The van der Waals surface area contributed by atoms with Gasteiger partial charge in [-0.2, -0.15) is 0 Å². The fraction of sp³-hybridized carbons (Fsp3) is 0.138. The number of carbonyl (C=O) groups is 1. The maximum absolute atomic E-state index is 13.8. The summed E-state index contributed by atoms with van der Waals surface area (Å²) in [5, 5.41) is 3.59. The summed E-state index contributed by atoms with van der Waals surface area (Å²) in [6.07, 6.45) is 1.83. The number of benzene rings is 3. The van der Waals surface area contributed by atoms with E-state index in [1.54, 1.807) is 30.7 Å². The summed E-state index contributed by atoms with van der Waals surface area (Å²) in [6.45, 7) is 3.73. The summed E-state index contributed by atoms with van der Waals surface area (Å²) in [5.41, 5.74) is 4.04. The number of ether oxygens (including phenoxy) is 1. The van der Waals surface area contributed by atoms with E-state index in [9.17, 15) is 9.59 Å². The molecule has 1 atom stereocenters. The number of aromatic nitrogens is 1. The number of thiazole rings is 1. The number of carbonyl (C=O) groups excluding carboxylic acids is 1. The van der Waals surface area contributed by atoms with Gasteiger partial charge in [0.1, 0.15) is 5.75 Å². The number of amides is 1. The molecule has 186 valence electrons. The van der Waals surface area contributed by atoms with Gasteiger partial charge in [0.15, 0.2) is 4.80 Å². The molecule has 0 bridgehead atoms. The van der Waals surface area contributed by atoms with E-state index in [1.807, 2.05) is 73.7 Å². The lowest BCUT2D eigenvalue weighted by molar-refractivity contribution is -0.113. The number of allylic oxidation sites excluding steroid dienone is 1. The first-order chi connectivity index (χ1) is 17.9. The van der Waals surface area contributed by atoms with Gasteiger partial charge >= 0.3 is 0 Å². The van der Waals surface area contributed by atoms with Gasteiger partial charge in [0, 0.05) is 10.7 Å². The van der Waals surface area contributed by atoms with Crippen LogP contribution in [0.1, 0.15) is 29.7 Å². The third-order valence-electron chi connectivity index (χ3n) is 6.26. The molecule has 1 unspecified atom stereocenters. The monoisotopic (exact) mass is 529 g/mol. The zero-order valence-electron chi connectivity index (χ0n) is 20.5. The van der Waals surface area contributed by atoms with E-state index in [4.69, 9.17) is 21.3 Å². The van der Waals surface area contributed by atoms with Crippen molar-refractivity contribution in [1.82, 2.24) is 4.57 Å². The predicted octanol–water partition coefficient (Wildman–Crippen LogP) is 4.84. The normalized spacial score (nSPS) is 15.2. The molecular formula is C29H24ClN3O3S. The van der Waals surface area contributed by atoms with Gasteiger partial charge in [-0.15, -0.1) is 0 Å². The number of hydrogen-bond donors (Lipinski definition) is 1. The van der Waals surface area contributed by atoms with Crippen LogP contribution in [0.5, 0.6) is 5.75 Å². The Labute approximate surface area is 222 Å². The molecule has 1 aromatic heterocycles. The smallest absolute Gasteiger partial charge is 0.271 e. The van der Waals surface area contributed by atoms with Crippen LogP contribution < -0.4 is 24.9 Å². The Morgan fingerprint density at radius 1 is 1.05 bits per heavy atom. The fourth-order valence-electron chi connectivity index (χ4n) is 4.33. The van der Waals surface area contributed by atoms with E-state index in [1.165, 1.54) is 11.3 Å². The van der Waals surface area contributed by atoms with Crippen molar-refractivity contribution in [3.63, 3.8) is 0 Å². The topological polar surface area (TPSA) is 72.7 Å². The van der Waals surface area contributed by atoms with E-state index in [0.717, 1.165) is 22.4 Å². The van der Waals surface area contributed by atoms with Crippen LogP contribution in [0, 0.1) is 6.92 Å². The molecule has 5 rings (SSSR count). The maximum atomic E-state index is 13.8. The van der Waals surface area contributed by atoms with Crippen molar-refractivity contribution in [3.05, 3.63) is 125 Å². The molecular weight excluding hydrogens is 506 g/mol. The average Bonchev–Trinajstić information content (AvgIpc) is 3.19. The van der Waals surface area contributed by atoms with Crippen LogP contribution in [-0.2, 0) is 4.79 Å². The number of aryl methyl sites for hydroxylation is 1. The van der Waals surface area contributed by atoms with Gasteiger partial charge in [-0.05, 0) is 66.9 Å². The van der Waals surface area contributed by atoms with E-state index < -0.39 is 6.04 Å². The van der Waals surface area contributed by atoms with Gasteiger partial charge in [0.25, 0.3) is 11.5 Å². The zero-order valence-corrected chi connectivity index (χ0v) is 22.1. The molecule has 0 saturated carbocycles. The number of anilines is 1. The third-order valence-corrected chi connectivity index (χ3v) is 7.49. The minimum atomic E-state index is -0.657. The Balaban J connectivity index is 1.65. The Morgan fingerprint density at radius 3 is 2.43 bits per heavy atom. The molecule has 4 aromatic rings. The molecule has 1 aliphatic rings.